The molecular formula is C18H15FN6O2. The van der Waals surface area contributed by atoms with Crippen LogP contribution in [0.2, 0.25) is 0 Å². The van der Waals surface area contributed by atoms with Gasteiger partial charge in [-0.2, -0.15) is 14.5 Å². The highest BCUT2D eigenvalue weighted by atomic mass is 19.1. The van der Waals surface area contributed by atoms with Crippen molar-refractivity contribution in [1.82, 2.24) is 30.0 Å². The van der Waals surface area contributed by atoms with E-state index in [1.54, 1.807) is 30.6 Å². The highest BCUT2D eigenvalue weighted by Crippen LogP contribution is 2.19. The predicted octanol–water partition coefficient (Wildman–Crippen LogP) is 2.02. The lowest BCUT2D eigenvalue weighted by Crippen LogP contribution is -2.24. The number of aromatic amines is 1. The van der Waals surface area contributed by atoms with Gasteiger partial charge in [-0.15, -0.1) is 0 Å². The van der Waals surface area contributed by atoms with Gasteiger partial charge in [0.25, 0.3) is 0 Å². The van der Waals surface area contributed by atoms with Gasteiger partial charge in [0.1, 0.15) is 11.6 Å². The van der Waals surface area contributed by atoms with Gasteiger partial charge in [-0.3, -0.25) is 5.10 Å². The monoisotopic (exact) mass is 366 g/mol. The predicted molar refractivity (Wildman–Crippen MR) is 95.3 cm³/mol. The SMILES string of the molecule is COc1cc(F)cc(Cn2nnn(-c3ccc(-c4cn[nH]c4)cc3)c2=O)c1. The molecule has 0 radical (unpaired) electrons. The van der Waals surface area contributed by atoms with Crippen molar-refractivity contribution in [2.75, 3.05) is 7.11 Å². The summed E-state index contributed by atoms with van der Waals surface area (Å²) in [5, 5.41) is 14.5. The highest BCUT2D eigenvalue weighted by Gasteiger charge is 2.11. The van der Waals surface area contributed by atoms with E-state index in [4.69, 9.17) is 4.74 Å². The van der Waals surface area contributed by atoms with Crippen molar-refractivity contribution in [3.05, 3.63) is 76.7 Å². The summed E-state index contributed by atoms with van der Waals surface area (Å²) in [6.45, 7) is 0.0834. The molecule has 4 rings (SSSR count). The third-order valence-electron chi connectivity index (χ3n) is 4.08. The first kappa shape index (κ1) is 16.7. The molecule has 0 aliphatic carbocycles. The second-order valence-electron chi connectivity index (χ2n) is 5.86. The van der Waals surface area contributed by atoms with Crippen molar-refractivity contribution in [2.45, 2.75) is 6.54 Å². The Hall–Kier alpha value is -3.75. The Bertz CT molecular complexity index is 1120. The van der Waals surface area contributed by atoms with Crippen LogP contribution in [0.1, 0.15) is 5.56 Å². The van der Waals surface area contributed by atoms with Crippen molar-refractivity contribution in [3.63, 3.8) is 0 Å². The molecule has 1 N–H and O–H groups in total. The van der Waals surface area contributed by atoms with Gasteiger partial charge in [-0.05, 0) is 45.8 Å². The lowest BCUT2D eigenvalue weighted by Gasteiger charge is -2.04. The Labute approximate surface area is 152 Å². The zero-order chi connectivity index (χ0) is 18.8. The molecule has 8 nitrogen and oxygen atoms in total. The number of halogens is 1. The van der Waals surface area contributed by atoms with Gasteiger partial charge in [0.2, 0.25) is 0 Å². The topological polar surface area (TPSA) is 90.6 Å². The molecule has 0 fully saturated rings. The number of methoxy groups -OCH3 is 1. The third-order valence-corrected chi connectivity index (χ3v) is 4.08. The molecule has 136 valence electrons. The second-order valence-corrected chi connectivity index (χ2v) is 5.86. The van der Waals surface area contributed by atoms with E-state index in [1.807, 2.05) is 12.1 Å². The summed E-state index contributed by atoms with van der Waals surface area (Å²) in [4.78, 5) is 12.6. The maximum Gasteiger partial charge on any atom is 0.368 e. The first-order valence-corrected chi connectivity index (χ1v) is 8.10. The molecule has 0 bridgehead atoms. The van der Waals surface area contributed by atoms with Crippen LogP contribution in [-0.2, 0) is 6.54 Å². The van der Waals surface area contributed by atoms with E-state index in [0.717, 1.165) is 15.8 Å². The number of H-pyrrole nitrogens is 1. The molecule has 27 heavy (non-hydrogen) atoms. The molecule has 0 saturated carbocycles. The molecule has 0 aliphatic rings. The van der Waals surface area contributed by atoms with Crippen molar-refractivity contribution < 1.29 is 9.13 Å². The van der Waals surface area contributed by atoms with Crippen LogP contribution in [0.3, 0.4) is 0 Å². The Morgan fingerprint density at radius 3 is 2.63 bits per heavy atom. The summed E-state index contributed by atoms with van der Waals surface area (Å²) in [5.41, 5.74) is 2.61. The van der Waals surface area contributed by atoms with Crippen LogP contribution in [0, 0.1) is 5.82 Å². The molecule has 0 atom stereocenters. The number of aromatic nitrogens is 6. The number of ether oxygens (including phenoxy) is 1. The van der Waals surface area contributed by atoms with Gasteiger partial charge in [0.15, 0.2) is 0 Å². The Morgan fingerprint density at radius 2 is 1.93 bits per heavy atom. The molecule has 2 heterocycles. The normalized spacial score (nSPS) is 10.9. The highest BCUT2D eigenvalue weighted by molar-refractivity contribution is 5.62. The minimum Gasteiger partial charge on any atom is -0.497 e. The fraction of sp³-hybridized carbons (Fsp3) is 0.111. The van der Waals surface area contributed by atoms with Gasteiger partial charge >= 0.3 is 5.69 Å². The van der Waals surface area contributed by atoms with Gasteiger partial charge in [-0.25, -0.2) is 9.18 Å². The van der Waals surface area contributed by atoms with Crippen LogP contribution in [-0.4, -0.2) is 37.1 Å². The Morgan fingerprint density at radius 1 is 1.11 bits per heavy atom. The average Bonchev–Trinajstić information content (AvgIpc) is 3.32. The molecule has 0 aliphatic heterocycles. The minimum atomic E-state index is -0.445. The lowest BCUT2D eigenvalue weighted by molar-refractivity contribution is 0.410. The lowest BCUT2D eigenvalue weighted by atomic mass is 10.1. The van der Waals surface area contributed by atoms with Crippen LogP contribution in [0.15, 0.2) is 59.7 Å². The van der Waals surface area contributed by atoms with Crippen molar-refractivity contribution in [2.24, 2.45) is 0 Å². The number of tetrazole rings is 1. The molecular weight excluding hydrogens is 351 g/mol. The molecule has 4 aromatic rings. The first-order chi connectivity index (χ1) is 13.1. The van der Waals surface area contributed by atoms with Gasteiger partial charge in [-0.1, -0.05) is 12.1 Å². The Balaban J connectivity index is 1.61. The Kier molecular flexibility index (Phi) is 4.25. The average molecular weight is 366 g/mol. The van der Waals surface area contributed by atoms with E-state index >= 15 is 0 Å². The fourth-order valence-corrected chi connectivity index (χ4v) is 2.74. The van der Waals surface area contributed by atoms with Gasteiger partial charge < -0.3 is 4.74 Å². The fourth-order valence-electron chi connectivity index (χ4n) is 2.74. The molecule has 0 unspecified atom stereocenters. The van der Waals surface area contributed by atoms with E-state index in [2.05, 4.69) is 20.6 Å². The zero-order valence-electron chi connectivity index (χ0n) is 14.3. The summed E-state index contributed by atoms with van der Waals surface area (Å²) in [6, 6.07) is 11.5. The van der Waals surface area contributed by atoms with Crippen molar-refractivity contribution in [3.8, 4) is 22.6 Å². The quantitative estimate of drug-likeness (QED) is 0.584. The first-order valence-electron chi connectivity index (χ1n) is 8.10. The molecule has 2 aromatic heterocycles. The standard InChI is InChI=1S/C18H15FN6O2/c1-27-17-7-12(6-15(19)8-17)11-24-18(26)25(23-22-24)16-4-2-13(3-5-16)14-9-20-21-10-14/h2-10H,11H2,1H3,(H,20,21). The number of hydrogen-bond donors (Lipinski definition) is 1. The minimum absolute atomic E-state index is 0.0834. The van der Waals surface area contributed by atoms with Crippen LogP contribution in [0.4, 0.5) is 4.39 Å². The van der Waals surface area contributed by atoms with E-state index in [1.165, 1.54) is 23.9 Å². The van der Waals surface area contributed by atoms with Crippen LogP contribution >= 0.6 is 0 Å². The summed E-state index contributed by atoms with van der Waals surface area (Å²) in [5.74, 6) is -0.0695. The number of benzene rings is 2. The summed E-state index contributed by atoms with van der Waals surface area (Å²) < 4.78 is 21.0. The van der Waals surface area contributed by atoms with E-state index in [9.17, 15) is 9.18 Å². The largest absolute Gasteiger partial charge is 0.497 e. The molecule has 2 aromatic carbocycles. The van der Waals surface area contributed by atoms with Gasteiger partial charge in [0, 0.05) is 17.8 Å². The number of rotatable bonds is 5. The smallest absolute Gasteiger partial charge is 0.368 e. The van der Waals surface area contributed by atoms with E-state index in [-0.39, 0.29) is 6.54 Å². The maximum atomic E-state index is 13.6. The summed E-state index contributed by atoms with van der Waals surface area (Å²) in [7, 11) is 1.45. The molecule has 0 amide bonds. The van der Waals surface area contributed by atoms with Crippen molar-refractivity contribution >= 4 is 0 Å². The van der Waals surface area contributed by atoms with Crippen LogP contribution in [0.25, 0.3) is 16.8 Å². The summed E-state index contributed by atoms with van der Waals surface area (Å²) >= 11 is 0. The zero-order valence-corrected chi connectivity index (χ0v) is 14.3. The van der Waals surface area contributed by atoms with Crippen molar-refractivity contribution in [1.29, 1.82) is 0 Å². The molecule has 9 heteroatoms. The molecule has 0 saturated heterocycles. The maximum absolute atomic E-state index is 13.6. The summed E-state index contributed by atoms with van der Waals surface area (Å²) in [6.07, 6.45) is 3.50. The molecule has 0 spiro atoms. The van der Waals surface area contributed by atoms with Gasteiger partial charge in [0.05, 0.1) is 25.5 Å². The number of hydrogen-bond acceptors (Lipinski definition) is 5. The van der Waals surface area contributed by atoms with Crippen LogP contribution in [0.5, 0.6) is 5.75 Å². The van der Waals surface area contributed by atoms with E-state index in [0.29, 0.717) is 17.0 Å². The van der Waals surface area contributed by atoms with E-state index < -0.39 is 11.5 Å². The third kappa shape index (κ3) is 3.34. The van der Waals surface area contributed by atoms with Crippen LogP contribution < -0.4 is 10.4 Å². The number of nitrogens with one attached hydrogen (secondary N) is 1. The second kappa shape index (κ2) is 6.87. The number of nitrogens with zero attached hydrogens (tertiary/aromatic N) is 5.